The van der Waals surface area contributed by atoms with E-state index in [1.54, 1.807) is 0 Å². The molecular formula is C19H37IN4O. The summed E-state index contributed by atoms with van der Waals surface area (Å²) < 4.78 is 5.66. The molecule has 25 heavy (non-hydrogen) atoms. The Morgan fingerprint density at radius 1 is 1.20 bits per heavy atom. The zero-order valence-electron chi connectivity index (χ0n) is 16.1. The second-order valence-corrected chi connectivity index (χ2v) is 7.88. The Morgan fingerprint density at radius 3 is 2.64 bits per heavy atom. The maximum Gasteiger partial charge on any atom is 0.193 e. The van der Waals surface area contributed by atoms with E-state index in [0.29, 0.717) is 5.41 Å². The number of hydrogen-bond donors (Lipinski definition) is 1. The highest BCUT2D eigenvalue weighted by Crippen LogP contribution is 2.38. The van der Waals surface area contributed by atoms with Crippen LogP contribution in [0.15, 0.2) is 4.99 Å². The summed E-state index contributed by atoms with van der Waals surface area (Å²) in [4.78, 5) is 10.00. The molecule has 3 aliphatic rings. The summed E-state index contributed by atoms with van der Waals surface area (Å²) in [6.07, 6.45) is 6.43. The van der Waals surface area contributed by atoms with Crippen molar-refractivity contribution < 1.29 is 4.74 Å². The van der Waals surface area contributed by atoms with Crippen molar-refractivity contribution in [2.24, 2.45) is 16.3 Å². The third kappa shape index (κ3) is 5.70. The molecule has 0 aromatic heterocycles. The summed E-state index contributed by atoms with van der Waals surface area (Å²) in [5.41, 5.74) is 0.406. The maximum atomic E-state index is 5.66. The number of likely N-dealkylation sites (tertiary alicyclic amines) is 2. The van der Waals surface area contributed by atoms with Crippen LogP contribution in [0.2, 0.25) is 0 Å². The molecule has 0 amide bonds. The van der Waals surface area contributed by atoms with Gasteiger partial charge in [-0.3, -0.25) is 4.99 Å². The van der Waals surface area contributed by atoms with Crippen LogP contribution in [-0.2, 0) is 4.74 Å². The van der Waals surface area contributed by atoms with E-state index in [1.807, 2.05) is 0 Å². The third-order valence-corrected chi connectivity index (χ3v) is 6.21. The van der Waals surface area contributed by atoms with E-state index in [4.69, 9.17) is 9.73 Å². The number of rotatable bonds is 5. The molecule has 5 nitrogen and oxygen atoms in total. The van der Waals surface area contributed by atoms with Gasteiger partial charge in [-0.05, 0) is 64.6 Å². The number of nitrogens with zero attached hydrogens (tertiary/aromatic N) is 3. The standard InChI is InChI=1S/C19H36N4O.HI/c1-3-20-18(23-13-8-19(15-23)9-14-24-16-19)21-10-5-17-6-11-22(4-2)12-7-17;/h17H,3-16H2,1-2H3,(H,20,21);1H. The van der Waals surface area contributed by atoms with Gasteiger partial charge in [0.2, 0.25) is 0 Å². The molecule has 0 aromatic rings. The van der Waals surface area contributed by atoms with Gasteiger partial charge < -0.3 is 19.9 Å². The van der Waals surface area contributed by atoms with Crippen LogP contribution < -0.4 is 5.32 Å². The van der Waals surface area contributed by atoms with Crippen LogP contribution >= 0.6 is 24.0 Å². The quantitative estimate of drug-likeness (QED) is 0.386. The van der Waals surface area contributed by atoms with Gasteiger partial charge in [0.05, 0.1) is 6.61 Å². The van der Waals surface area contributed by atoms with Gasteiger partial charge >= 0.3 is 0 Å². The van der Waals surface area contributed by atoms with E-state index in [1.165, 1.54) is 51.7 Å². The molecule has 3 rings (SSSR count). The minimum absolute atomic E-state index is 0. The number of guanidine groups is 1. The molecule has 3 aliphatic heterocycles. The molecule has 1 unspecified atom stereocenters. The fourth-order valence-corrected chi connectivity index (χ4v) is 4.46. The van der Waals surface area contributed by atoms with Gasteiger partial charge in [-0.15, -0.1) is 24.0 Å². The summed E-state index contributed by atoms with van der Waals surface area (Å²) in [5, 5.41) is 3.51. The Labute approximate surface area is 171 Å². The monoisotopic (exact) mass is 464 g/mol. The van der Waals surface area contributed by atoms with Crippen LogP contribution in [-0.4, -0.2) is 74.8 Å². The lowest BCUT2D eigenvalue weighted by Crippen LogP contribution is -2.41. The van der Waals surface area contributed by atoms with Gasteiger partial charge in [0, 0.05) is 38.2 Å². The number of aliphatic imine (C=N–C) groups is 1. The van der Waals surface area contributed by atoms with Crippen molar-refractivity contribution >= 4 is 29.9 Å². The third-order valence-electron chi connectivity index (χ3n) is 6.21. The molecule has 0 aliphatic carbocycles. The first-order valence-corrected chi connectivity index (χ1v) is 10.1. The SMILES string of the molecule is CCNC(=NCCC1CCN(CC)CC1)N1CCC2(CCOC2)C1.I. The van der Waals surface area contributed by atoms with Gasteiger partial charge in [0.25, 0.3) is 0 Å². The van der Waals surface area contributed by atoms with E-state index >= 15 is 0 Å². The fourth-order valence-electron chi connectivity index (χ4n) is 4.46. The Hall–Kier alpha value is -0.0800. The van der Waals surface area contributed by atoms with E-state index in [9.17, 15) is 0 Å². The van der Waals surface area contributed by atoms with Crippen molar-refractivity contribution in [3.05, 3.63) is 0 Å². The van der Waals surface area contributed by atoms with Crippen LogP contribution in [0.5, 0.6) is 0 Å². The summed E-state index contributed by atoms with van der Waals surface area (Å²) >= 11 is 0. The van der Waals surface area contributed by atoms with E-state index in [0.717, 1.165) is 51.3 Å². The van der Waals surface area contributed by atoms with Gasteiger partial charge in [-0.25, -0.2) is 0 Å². The summed E-state index contributed by atoms with van der Waals surface area (Å²) in [5.74, 6) is 2.00. The Kier molecular flexibility index (Phi) is 8.75. The van der Waals surface area contributed by atoms with Crippen molar-refractivity contribution in [3.8, 4) is 0 Å². The second kappa shape index (κ2) is 10.3. The van der Waals surface area contributed by atoms with Crippen LogP contribution in [0.4, 0.5) is 0 Å². The zero-order valence-corrected chi connectivity index (χ0v) is 18.5. The normalized spacial score (nSPS) is 28.6. The molecule has 0 saturated carbocycles. The first-order chi connectivity index (χ1) is 11.7. The van der Waals surface area contributed by atoms with Gasteiger partial charge in [-0.2, -0.15) is 0 Å². The van der Waals surface area contributed by atoms with Crippen LogP contribution in [0.25, 0.3) is 0 Å². The van der Waals surface area contributed by atoms with Gasteiger partial charge in [-0.1, -0.05) is 6.92 Å². The molecule has 3 fully saturated rings. The Balaban J connectivity index is 0.00000225. The molecule has 0 aromatic carbocycles. The molecule has 1 N–H and O–H groups in total. The average Bonchev–Trinajstić information content (AvgIpc) is 3.25. The minimum Gasteiger partial charge on any atom is -0.381 e. The van der Waals surface area contributed by atoms with Crippen molar-refractivity contribution in [2.45, 2.75) is 46.0 Å². The van der Waals surface area contributed by atoms with Crippen molar-refractivity contribution in [2.75, 3.05) is 59.0 Å². The van der Waals surface area contributed by atoms with Crippen molar-refractivity contribution in [3.63, 3.8) is 0 Å². The molecule has 0 bridgehead atoms. The van der Waals surface area contributed by atoms with Gasteiger partial charge in [0.1, 0.15) is 0 Å². The molecule has 3 heterocycles. The highest BCUT2D eigenvalue weighted by Gasteiger charge is 2.42. The van der Waals surface area contributed by atoms with E-state index in [2.05, 4.69) is 29.0 Å². The molecule has 3 saturated heterocycles. The fraction of sp³-hybridized carbons (Fsp3) is 0.947. The zero-order chi connectivity index (χ0) is 16.8. The first kappa shape index (κ1) is 21.2. The maximum absolute atomic E-state index is 5.66. The van der Waals surface area contributed by atoms with Crippen molar-refractivity contribution in [1.29, 1.82) is 0 Å². The summed E-state index contributed by atoms with van der Waals surface area (Å²) in [7, 11) is 0. The predicted octanol–water partition coefficient (Wildman–Crippen LogP) is 2.80. The predicted molar refractivity (Wildman–Crippen MR) is 115 cm³/mol. The number of hydrogen-bond acceptors (Lipinski definition) is 3. The summed E-state index contributed by atoms with van der Waals surface area (Å²) in [6, 6.07) is 0. The molecular weight excluding hydrogens is 427 g/mol. The lowest BCUT2D eigenvalue weighted by atomic mass is 9.87. The minimum atomic E-state index is 0. The molecule has 146 valence electrons. The smallest absolute Gasteiger partial charge is 0.193 e. The lowest BCUT2D eigenvalue weighted by Gasteiger charge is -2.30. The molecule has 1 spiro atoms. The van der Waals surface area contributed by atoms with Crippen LogP contribution in [0.1, 0.15) is 46.0 Å². The molecule has 1 atom stereocenters. The van der Waals surface area contributed by atoms with Crippen LogP contribution in [0.3, 0.4) is 0 Å². The largest absolute Gasteiger partial charge is 0.381 e. The number of ether oxygens (including phenoxy) is 1. The highest BCUT2D eigenvalue weighted by atomic mass is 127. The highest BCUT2D eigenvalue weighted by molar-refractivity contribution is 14.0. The van der Waals surface area contributed by atoms with Crippen molar-refractivity contribution in [1.82, 2.24) is 15.1 Å². The Morgan fingerprint density at radius 2 is 2.00 bits per heavy atom. The topological polar surface area (TPSA) is 40.1 Å². The number of halogens is 1. The van der Waals surface area contributed by atoms with Crippen LogP contribution in [0, 0.1) is 11.3 Å². The molecule has 6 heteroatoms. The first-order valence-electron chi connectivity index (χ1n) is 10.1. The average molecular weight is 464 g/mol. The number of nitrogens with one attached hydrogen (secondary N) is 1. The lowest BCUT2D eigenvalue weighted by molar-refractivity contribution is 0.156. The second-order valence-electron chi connectivity index (χ2n) is 7.88. The van der Waals surface area contributed by atoms with E-state index in [-0.39, 0.29) is 24.0 Å². The van der Waals surface area contributed by atoms with Gasteiger partial charge in [0.15, 0.2) is 5.96 Å². The Bertz CT molecular complexity index is 418. The van der Waals surface area contributed by atoms with E-state index < -0.39 is 0 Å². The molecule has 0 radical (unpaired) electrons. The summed E-state index contributed by atoms with van der Waals surface area (Å²) in [6.45, 7) is 14.3. The number of piperidine rings is 1.